The van der Waals surface area contributed by atoms with Gasteiger partial charge in [0.25, 0.3) is 0 Å². The highest BCUT2D eigenvalue weighted by atomic mass is 35.5. The molecule has 94 valence electrons. The molecule has 0 fully saturated rings. The first-order chi connectivity index (χ1) is 8.04. The monoisotopic (exact) mass is 274 g/mol. The van der Waals surface area contributed by atoms with Crippen molar-refractivity contribution in [2.75, 3.05) is 18.0 Å². The summed E-state index contributed by atoms with van der Waals surface area (Å²) in [7, 11) is -1.30. The van der Waals surface area contributed by atoms with Crippen molar-refractivity contribution in [3.05, 3.63) is 23.2 Å². The highest BCUT2D eigenvalue weighted by molar-refractivity contribution is 7.85. The predicted molar refractivity (Wildman–Crippen MR) is 70.4 cm³/mol. The molecule has 0 radical (unpaired) electrons. The van der Waals surface area contributed by atoms with E-state index in [1.807, 2.05) is 6.92 Å². The Morgan fingerprint density at radius 3 is 2.88 bits per heavy atom. The molecule has 4 nitrogen and oxygen atoms in total. The van der Waals surface area contributed by atoms with Crippen LogP contribution in [0.1, 0.15) is 13.3 Å². The Bertz CT molecular complexity index is 437. The maximum absolute atomic E-state index is 11.9. The van der Waals surface area contributed by atoms with E-state index in [0.717, 1.165) is 0 Å². The standard InChI is InChI=1S/C11H15ClN2O2S/c1-2-14-11(15)5-6-17(16)10-7-8(12)3-4-9(10)13/h3-4,7H,2,5-6,13H2,1H3,(H,14,15). The summed E-state index contributed by atoms with van der Waals surface area (Å²) < 4.78 is 11.9. The number of benzene rings is 1. The van der Waals surface area contributed by atoms with Crippen LogP contribution in [0.15, 0.2) is 23.1 Å². The zero-order valence-electron chi connectivity index (χ0n) is 9.53. The Morgan fingerprint density at radius 1 is 1.53 bits per heavy atom. The van der Waals surface area contributed by atoms with Crippen LogP contribution in [-0.2, 0) is 15.6 Å². The third kappa shape index (κ3) is 4.36. The van der Waals surface area contributed by atoms with Crippen molar-refractivity contribution >= 4 is 34.0 Å². The molecule has 0 aliphatic heterocycles. The van der Waals surface area contributed by atoms with Gasteiger partial charge < -0.3 is 11.1 Å². The van der Waals surface area contributed by atoms with E-state index in [9.17, 15) is 9.00 Å². The molecule has 0 heterocycles. The van der Waals surface area contributed by atoms with E-state index in [1.165, 1.54) is 0 Å². The molecule has 0 saturated heterocycles. The summed E-state index contributed by atoms with van der Waals surface area (Å²) in [5.41, 5.74) is 6.14. The molecule has 1 aromatic rings. The fraction of sp³-hybridized carbons (Fsp3) is 0.364. The molecule has 0 bridgehead atoms. The maximum atomic E-state index is 11.9. The van der Waals surface area contributed by atoms with Crippen molar-refractivity contribution in [1.82, 2.24) is 5.32 Å². The summed E-state index contributed by atoms with van der Waals surface area (Å²) in [6.45, 7) is 2.41. The molecule has 0 aromatic heterocycles. The number of carbonyl (C=O) groups excluding carboxylic acids is 1. The largest absolute Gasteiger partial charge is 0.398 e. The van der Waals surface area contributed by atoms with Gasteiger partial charge in [-0.2, -0.15) is 0 Å². The number of hydrogen-bond acceptors (Lipinski definition) is 3. The average Bonchev–Trinajstić information content (AvgIpc) is 2.29. The van der Waals surface area contributed by atoms with Gasteiger partial charge >= 0.3 is 0 Å². The van der Waals surface area contributed by atoms with Gasteiger partial charge in [0.1, 0.15) is 0 Å². The van der Waals surface area contributed by atoms with Crippen LogP contribution >= 0.6 is 11.6 Å². The van der Waals surface area contributed by atoms with Gasteiger partial charge in [0, 0.05) is 29.4 Å². The van der Waals surface area contributed by atoms with Crippen molar-refractivity contribution in [2.24, 2.45) is 0 Å². The molecule has 1 amide bonds. The number of carbonyl (C=O) groups is 1. The van der Waals surface area contributed by atoms with Crippen LogP contribution in [0.25, 0.3) is 0 Å². The molecule has 6 heteroatoms. The van der Waals surface area contributed by atoms with Gasteiger partial charge in [-0.05, 0) is 25.1 Å². The van der Waals surface area contributed by atoms with Gasteiger partial charge in [-0.15, -0.1) is 0 Å². The quantitative estimate of drug-likeness (QED) is 0.801. The summed E-state index contributed by atoms with van der Waals surface area (Å²) in [5, 5.41) is 3.13. The molecular formula is C11H15ClN2O2S. The smallest absolute Gasteiger partial charge is 0.220 e. The maximum Gasteiger partial charge on any atom is 0.220 e. The number of hydrogen-bond donors (Lipinski definition) is 2. The van der Waals surface area contributed by atoms with Crippen molar-refractivity contribution in [2.45, 2.75) is 18.2 Å². The molecular weight excluding hydrogens is 260 g/mol. The number of amides is 1. The second-order valence-electron chi connectivity index (χ2n) is 3.44. The number of nitrogens with one attached hydrogen (secondary N) is 1. The van der Waals surface area contributed by atoms with Crippen LogP contribution in [0, 0.1) is 0 Å². The van der Waals surface area contributed by atoms with Crippen LogP contribution in [-0.4, -0.2) is 22.4 Å². The van der Waals surface area contributed by atoms with E-state index in [-0.39, 0.29) is 18.1 Å². The number of halogens is 1. The lowest BCUT2D eigenvalue weighted by Crippen LogP contribution is -2.24. The Hall–Kier alpha value is -1.07. The van der Waals surface area contributed by atoms with Gasteiger partial charge in [-0.25, -0.2) is 0 Å². The van der Waals surface area contributed by atoms with Crippen LogP contribution < -0.4 is 11.1 Å². The Balaban J connectivity index is 2.64. The second kappa shape index (κ2) is 6.61. The lowest BCUT2D eigenvalue weighted by Gasteiger charge is -2.06. The Labute approximate surface area is 108 Å². The molecule has 0 saturated carbocycles. The van der Waals surface area contributed by atoms with Gasteiger partial charge in [-0.3, -0.25) is 9.00 Å². The first kappa shape index (κ1) is 14.0. The summed E-state index contributed by atoms with van der Waals surface area (Å²) in [5.74, 6) is 0.137. The van der Waals surface area contributed by atoms with E-state index < -0.39 is 10.8 Å². The first-order valence-electron chi connectivity index (χ1n) is 5.24. The van der Waals surface area contributed by atoms with E-state index in [1.54, 1.807) is 18.2 Å². The van der Waals surface area contributed by atoms with E-state index in [2.05, 4.69) is 5.32 Å². The van der Waals surface area contributed by atoms with Crippen molar-refractivity contribution < 1.29 is 9.00 Å². The summed E-state index contributed by atoms with van der Waals surface area (Å²) in [6, 6.07) is 4.83. The highest BCUT2D eigenvalue weighted by Crippen LogP contribution is 2.21. The predicted octanol–water partition coefficient (Wildman–Crippen LogP) is 1.56. The number of nitrogen functional groups attached to an aromatic ring is 1. The molecule has 0 aliphatic carbocycles. The van der Waals surface area contributed by atoms with Crippen molar-refractivity contribution in [1.29, 1.82) is 0 Å². The Morgan fingerprint density at radius 2 is 2.24 bits per heavy atom. The van der Waals surface area contributed by atoms with E-state index in [0.29, 0.717) is 22.2 Å². The number of nitrogens with two attached hydrogens (primary N) is 1. The fourth-order valence-corrected chi connectivity index (χ4v) is 2.70. The fourth-order valence-electron chi connectivity index (χ4n) is 1.29. The van der Waals surface area contributed by atoms with Crippen LogP contribution in [0.4, 0.5) is 5.69 Å². The van der Waals surface area contributed by atoms with Gasteiger partial charge in [-0.1, -0.05) is 11.6 Å². The molecule has 1 atom stereocenters. The molecule has 3 N–H and O–H groups in total. The van der Waals surface area contributed by atoms with E-state index >= 15 is 0 Å². The molecule has 1 unspecified atom stereocenters. The summed E-state index contributed by atoms with van der Waals surface area (Å²) >= 11 is 5.80. The third-order valence-corrected chi connectivity index (χ3v) is 3.76. The molecule has 1 rings (SSSR count). The van der Waals surface area contributed by atoms with Crippen molar-refractivity contribution in [3.63, 3.8) is 0 Å². The molecule has 0 spiro atoms. The van der Waals surface area contributed by atoms with Crippen LogP contribution in [0.2, 0.25) is 5.02 Å². The van der Waals surface area contributed by atoms with E-state index in [4.69, 9.17) is 17.3 Å². The highest BCUT2D eigenvalue weighted by Gasteiger charge is 2.10. The minimum absolute atomic E-state index is 0.110. The minimum atomic E-state index is -1.30. The molecule has 17 heavy (non-hydrogen) atoms. The number of anilines is 1. The van der Waals surface area contributed by atoms with Gasteiger partial charge in [0.05, 0.1) is 15.7 Å². The van der Waals surface area contributed by atoms with Crippen LogP contribution in [0.3, 0.4) is 0 Å². The zero-order valence-corrected chi connectivity index (χ0v) is 11.1. The first-order valence-corrected chi connectivity index (χ1v) is 6.94. The van der Waals surface area contributed by atoms with Crippen molar-refractivity contribution in [3.8, 4) is 0 Å². The Kier molecular flexibility index (Phi) is 5.44. The third-order valence-electron chi connectivity index (χ3n) is 2.11. The average molecular weight is 275 g/mol. The summed E-state index contributed by atoms with van der Waals surface area (Å²) in [6.07, 6.45) is 0.215. The lowest BCUT2D eigenvalue weighted by molar-refractivity contribution is -0.120. The van der Waals surface area contributed by atoms with Gasteiger partial charge in [0.15, 0.2) is 0 Å². The topological polar surface area (TPSA) is 72.2 Å². The molecule has 0 aliphatic rings. The normalized spacial score (nSPS) is 12.1. The SMILES string of the molecule is CCNC(=O)CCS(=O)c1cc(Cl)ccc1N. The molecule has 1 aromatic carbocycles. The lowest BCUT2D eigenvalue weighted by atomic mass is 10.3. The van der Waals surface area contributed by atoms with Gasteiger partial charge in [0.2, 0.25) is 5.91 Å². The second-order valence-corrected chi connectivity index (χ2v) is 5.41. The van der Waals surface area contributed by atoms with Crippen LogP contribution in [0.5, 0.6) is 0 Å². The minimum Gasteiger partial charge on any atom is -0.398 e. The zero-order chi connectivity index (χ0) is 12.8. The number of rotatable bonds is 5. The summed E-state index contributed by atoms with van der Waals surface area (Å²) in [4.78, 5) is 11.7.